The number of imidazole rings is 1. The molecule has 2 aromatic heterocycles. The fourth-order valence-corrected chi connectivity index (χ4v) is 2.27. The molecule has 2 rings (SSSR count). The van der Waals surface area contributed by atoms with Gasteiger partial charge in [0.05, 0.1) is 25.6 Å². The highest BCUT2D eigenvalue weighted by Crippen LogP contribution is 2.34. The van der Waals surface area contributed by atoms with Crippen LogP contribution in [0.15, 0.2) is 11.1 Å². The van der Waals surface area contributed by atoms with Crippen LogP contribution in [0.5, 0.6) is 0 Å². The molecule has 2 heterocycles. The quantitative estimate of drug-likeness (QED) is 0.458. The zero-order chi connectivity index (χ0) is 16.3. The van der Waals surface area contributed by atoms with E-state index in [1.165, 1.54) is 18.0 Å². The topological polar surface area (TPSA) is 166 Å². The van der Waals surface area contributed by atoms with Crippen LogP contribution in [-0.4, -0.2) is 55.5 Å². The summed E-state index contributed by atoms with van der Waals surface area (Å²) >= 11 is 0. The molecule has 0 fully saturated rings. The molecule has 0 saturated carbocycles. The first-order valence-corrected chi connectivity index (χ1v) is 7.95. The van der Waals surface area contributed by atoms with Crippen molar-refractivity contribution in [2.24, 2.45) is 0 Å². The number of ether oxygens (including phenoxy) is 2. The van der Waals surface area contributed by atoms with Crippen molar-refractivity contribution in [1.82, 2.24) is 19.5 Å². The molecule has 22 heavy (non-hydrogen) atoms. The molecule has 0 radical (unpaired) electrons. The van der Waals surface area contributed by atoms with Crippen molar-refractivity contribution >= 4 is 24.7 Å². The number of methoxy groups -OCH3 is 1. The Hall–Kier alpha value is -1.78. The number of fused-ring (bicyclic) bond motifs is 1. The number of hydrogen-bond acceptors (Lipinski definition) is 7. The van der Waals surface area contributed by atoms with E-state index in [-0.39, 0.29) is 30.3 Å². The molecule has 5 N–H and O–H groups in total. The van der Waals surface area contributed by atoms with E-state index in [0.29, 0.717) is 0 Å². The molecule has 0 aliphatic heterocycles. The van der Waals surface area contributed by atoms with Gasteiger partial charge in [0, 0.05) is 7.11 Å². The molecule has 0 aliphatic rings. The van der Waals surface area contributed by atoms with E-state index in [1.807, 2.05) is 0 Å². The third kappa shape index (κ3) is 4.12. The number of H-pyrrole nitrogens is 1. The Bertz CT molecular complexity index is 752. The van der Waals surface area contributed by atoms with E-state index >= 15 is 0 Å². The zero-order valence-corrected chi connectivity index (χ0v) is 12.6. The minimum Gasteiger partial charge on any atom is -0.382 e. The minimum absolute atomic E-state index is 0.0568. The number of aromatic nitrogens is 4. The predicted octanol–water partition coefficient (Wildman–Crippen LogP) is -1.13. The van der Waals surface area contributed by atoms with Crippen LogP contribution >= 0.6 is 7.60 Å². The van der Waals surface area contributed by atoms with E-state index in [4.69, 9.17) is 25.0 Å². The number of aromatic amines is 1. The number of anilines is 1. The first-order valence-electron chi connectivity index (χ1n) is 6.16. The van der Waals surface area contributed by atoms with Gasteiger partial charge in [0.2, 0.25) is 5.95 Å². The van der Waals surface area contributed by atoms with Gasteiger partial charge in [0.15, 0.2) is 11.2 Å². The highest BCUT2D eigenvalue weighted by molar-refractivity contribution is 7.51. The molecule has 2 aromatic rings. The summed E-state index contributed by atoms with van der Waals surface area (Å²) in [6, 6.07) is 0. The number of hydrogen-bond donors (Lipinski definition) is 4. The monoisotopic (exact) mass is 333 g/mol. The Morgan fingerprint density at radius 2 is 2.27 bits per heavy atom. The Kier molecular flexibility index (Phi) is 4.94. The molecule has 0 aromatic carbocycles. The predicted molar refractivity (Wildman–Crippen MR) is 76.2 cm³/mol. The molecule has 0 bridgehead atoms. The molecule has 1 unspecified atom stereocenters. The van der Waals surface area contributed by atoms with Gasteiger partial charge in [-0.2, -0.15) is 4.98 Å². The third-order valence-electron chi connectivity index (χ3n) is 2.72. The van der Waals surface area contributed by atoms with Crippen molar-refractivity contribution in [3.63, 3.8) is 0 Å². The minimum atomic E-state index is -4.29. The van der Waals surface area contributed by atoms with Crippen LogP contribution in [0.1, 0.15) is 0 Å². The first-order chi connectivity index (χ1) is 10.3. The maximum atomic E-state index is 11.7. The number of nitrogens with one attached hydrogen (secondary N) is 1. The number of nitrogens with two attached hydrogens (primary N) is 1. The molecule has 11 nitrogen and oxygen atoms in total. The van der Waals surface area contributed by atoms with Crippen molar-refractivity contribution in [2.75, 3.05) is 25.8 Å². The van der Waals surface area contributed by atoms with Gasteiger partial charge >= 0.3 is 7.60 Å². The van der Waals surface area contributed by atoms with Gasteiger partial charge in [-0.1, -0.05) is 0 Å². The van der Waals surface area contributed by atoms with E-state index in [1.54, 1.807) is 0 Å². The summed E-state index contributed by atoms with van der Waals surface area (Å²) in [6.45, 7) is 0.235. The van der Waals surface area contributed by atoms with Crippen molar-refractivity contribution in [3.8, 4) is 0 Å². The highest BCUT2D eigenvalue weighted by atomic mass is 31.2. The van der Waals surface area contributed by atoms with Crippen molar-refractivity contribution < 1.29 is 23.8 Å². The van der Waals surface area contributed by atoms with E-state index < -0.39 is 25.6 Å². The van der Waals surface area contributed by atoms with Gasteiger partial charge in [-0.15, -0.1) is 0 Å². The van der Waals surface area contributed by atoms with E-state index in [2.05, 4.69) is 15.0 Å². The Balaban J connectivity index is 2.23. The normalized spacial score (nSPS) is 13.6. The van der Waals surface area contributed by atoms with Crippen LogP contribution in [0.4, 0.5) is 5.95 Å². The molecular weight excluding hydrogens is 317 g/mol. The second-order valence-corrected chi connectivity index (χ2v) is 6.15. The summed E-state index contributed by atoms with van der Waals surface area (Å²) in [5.41, 5.74) is 5.38. The largest absolute Gasteiger partial charge is 0.382 e. The Morgan fingerprint density at radius 1 is 1.55 bits per heavy atom. The van der Waals surface area contributed by atoms with E-state index in [0.717, 1.165) is 0 Å². The van der Waals surface area contributed by atoms with Crippen LogP contribution in [0.3, 0.4) is 0 Å². The summed E-state index contributed by atoms with van der Waals surface area (Å²) < 4.78 is 22.5. The van der Waals surface area contributed by atoms with Gasteiger partial charge in [0.25, 0.3) is 5.56 Å². The summed E-state index contributed by atoms with van der Waals surface area (Å²) in [5.74, 6) is -0.0568. The number of nitrogens with zero attached hydrogens (tertiary/aromatic N) is 3. The molecule has 12 heteroatoms. The van der Waals surface area contributed by atoms with Gasteiger partial charge in [-0.25, -0.2) is 4.98 Å². The van der Waals surface area contributed by atoms with Crippen molar-refractivity contribution in [1.29, 1.82) is 0 Å². The molecule has 122 valence electrons. The van der Waals surface area contributed by atoms with Crippen LogP contribution in [0.2, 0.25) is 0 Å². The second-order valence-electron chi connectivity index (χ2n) is 4.56. The van der Waals surface area contributed by atoms with Crippen molar-refractivity contribution in [3.05, 3.63) is 16.7 Å². The highest BCUT2D eigenvalue weighted by Gasteiger charge is 2.20. The maximum absolute atomic E-state index is 11.7. The lowest BCUT2D eigenvalue weighted by Gasteiger charge is -2.18. The lowest BCUT2D eigenvalue weighted by atomic mass is 10.3. The SMILES string of the molecule is COCC(Cn1cnc2c(=O)[nH]c(N)nc21)OCP(=O)(O)O. The lowest BCUT2D eigenvalue weighted by Crippen LogP contribution is -2.26. The average molecular weight is 333 g/mol. The Labute approximate surface area is 124 Å². The summed E-state index contributed by atoms with van der Waals surface area (Å²) in [6.07, 6.45) is -0.0167. The lowest BCUT2D eigenvalue weighted by molar-refractivity contribution is 0.00416. The standard InChI is InChI=1S/C10H16N5O6P/c1-20-3-6(21-5-22(17,18)19)2-15-4-12-7-8(15)13-10(11)14-9(7)16/h4,6H,2-3,5H2,1H3,(H2,17,18,19)(H3,11,13,14,16). The van der Waals surface area contributed by atoms with Gasteiger partial charge < -0.3 is 29.6 Å². The second kappa shape index (κ2) is 6.55. The molecule has 0 aliphatic carbocycles. The molecule has 0 amide bonds. The fraction of sp³-hybridized carbons (Fsp3) is 0.500. The van der Waals surface area contributed by atoms with Crippen molar-refractivity contribution in [2.45, 2.75) is 12.6 Å². The average Bonchev–Trinajstić information content (AvgIpc) is 2.79. The zero-order valence-electron chi connectivity index (χ0n) is 11.7. The number of rotatable bonds is 7. The number of nitrogen functional groups attached to an aromatic ring is 1. The maximum Gasteiger partial charge on any atom is 0.350 e. The fourth-order valence-electron chi connectivity index (χ4n) is 1.87. The molecule has 1 atom stereocenters. The van der Waals surface area contributed by atoms with Crippen LogP contribution in [0.25, 0.3) is 11.2 Å². The summed E-state index contributed by atoms with van der Waals surface area (Å²) in [4.78, 5) is 39.6. The molecule has 0 spiro atoms. The van der Waals surface area contributed by atoms with Gasteiger partial charge in [-0.3, -0.25) is 14.3 Å². The van der Waals surface area contributed by atoms with Crippen LogP contribution in [0, 0.1) is 0 Å². The Morgan fingerprint density at radius 3 is 2.91 bits per heavy atom. The van der Waals surface area contributed by atoms with Gasteiger partial charge in [-0.05, 0) is 0 Å². The smallest absolute Gasteiger partial charge is 0.350 e. The summed E-state index contributed by atoms with van der Waals surface area (Å²) in [5, 5.41) is 0. The van der Waals surface area contributed by atoms with Crippen LogP contribution in [-0.2, 0) is 20.6 Å². The third-order valence-corrected chi connectivity index (χ3v) is 3.21. The van der Waals surface area contributed by atoms with Gasteiger partial charge in [0.1, 0.15) is 6.35 Å². The van der Waals surface area contributed by atoms with E-state index in [9.17, 15) is 9.36 Å². The first kappa shape index (κ1) is 16.6. The molecule has 0 saturated heterocycles. The molecular formula is C10H16N5O6P. The van der Waals surface area contributed by atoms with Crippen LogP contribution < -0.4 is 11.3 Å². The summed E-state index contributed by atoms with van der Waals surface area (Å²) in [7, 11) is -2.86.